The number of hydrogen-bond donors (Lipinski definition) is 0. The summed E-state index contributed by atoms with van der Waals surface area (Å²) in [6, 6.07) is 48.2. The van der Waals surface area contributed by atoms with Gasteiger partial charge in [-0.25, -0.2) is 0 Å². The maximum atomic E-state index is 5.04. The van der Waals surface area contributed by atoms with E-state index in [-0.39, 0.29) is 0 Å². The first-order valence-corrected chi connectivity index (χ1v) is 13.1. The number of hydrogen-bond acceptors (Lipinski definition) is 1. The molecule has 0 radical (unpaired) electrons. The molecule has 0 aliphatic heterocycles. The van der Waals surface area contributed by atoms with E-state index in [1.165, 1.54) is 70.7 Å². The van der Waals surface area contributed by atoms with Crippen LogP contribution in [0.2, 0.25) is 0 Å². The third kappa shape index (κ3) is 3.02. The Balaban J connectivity index is 1.59. The lowest BCUT2D eigenvalue weighted by Gasteiger charge is -2.19. The fourth-order valence-electron chi connectivity index (χ4n) is 6.27. The highest BCUT2D eigenvalue weighted by Crippen LogP contribution is 2.46. The highest BCUT2D eigenvalue weighted by molar-refractivity contribution is 6.26. The first kappa shape index (κ1) is 21.1. The summed E-state index contributed by atoms with van der Waals surface area (Å²) in [5.74, 6) is 0. The predicted octanol–water partition coefficient (Wildman–Crippen LogP) is 10.2. The van der Waals surface area contributed by atoms with Crippen molar-refractivity contribution < 1.29 is 0 Å². The maximum Gasteiger partial charge on any atom is 0.0793 e. The lowest BCUT2D eigenvalue weighted by Crippen LogP contribution is -1.94. The van der Waals surface area contributed by atoms with E-state index in [1.54, 1.807) is 0 Å². The average molecular weight is 482 g/mol. The van der Waals surface area contributed by atoms with Crippen molar-refractivity contribution in [2.45, 2.75) is 0 Å². The highest BCUT2D eigenvalue weighted by atomic mass is 14.7. The minimum absolute atomic E-state index is 1.04. The Hall–Kier alpha value is -5.01. The molecule has 0 aliphatic carbocycles. The van der Waals surface area contributed by atoms with E-state index < -0.39 is 0 Å². The Kier molecular flexibility index (Phi) is 4.59. The van der Waals surface area contributed by atoms with Gasteiger partial charge in [-0.3, -0.25) is 4.98 Å². The van der Waals surface area contributed by atoms with Gasteiger partial charge in [-0.2, -0.15) is 0 Å². The summed E-state index contributed by atoms with van der Waals surface area (Å²) < 4.78 is 0. The topological polar surface area (TPSA) is 12.9 Å². The van der Waals surface area contributed by atoms with Crippen molar-refractivity contribution in [3.05, 3.63) is 140 Å². The third-order valence-electron chi connectivity index (χ3n) is 7.88. The molecule has 8 aromatic rings. The van der Waals surface area contributed by atoms with E-state index in [0.717, 1.165) is 5.52 Å². The number of fused-ring (bicyclic) bond motifs is 6. The molecule has 1 nitrogen and oxygen atoms in total. The fraction of sp³-hybridized carbons (Fsp3) is 0. The van der Waals surface area contributed by atoms with Crippen molar-refractivity contribution in [3.8, 4) is 22.3 Å². The van der Waals surface area contributed by atoms with Crippen LogP contribution >= 0.6 is 0 Å². The number of pyridine rings is 1. The van der Waals surface area contributed by atoms with Gasteiger partial charge < -0.3 is 0 Å². The summed E-state index contributed by atoms with van der Waals surface area (Å²) in [7, 11) is 0. The van der Waals surface area contributed by atoms with E-state index in [2.05, 4.69) is 133 Å². The first-order chi connectivity index (χ1) is 18.9. The summed E-state index contributed by atoms with van der Waals surface area (Å²) in [5.41, 5.74) is 5.95. The predicted molar refractivity (Wildman–Crippen MR) is 163 cm³/mol. The summed E-state index contributed by atoms with van der Waals surface area (Å²) >= 11 is 0. The van der Waals surface area contributed by atoms with Crippen LogP contribution < -0.4 is 0 Å². The number of aromatic nitrogens is 1. The lowest BCUT2D eigenvalue weighted by atomic mass is 9.84. The Morgan fingerprint density at radius 2 is 0.921 bits per heavy atom. The van der Waals surface area contributed by atoms with Crippen molar-refractivity contribution in [3.63, 3.8) is 0 Å². The molecule has 0 aliphatic rings. The number of benzene rings is 7. The van der Waals surface area contributed by atoms with Crippen molar-refractivity contribution >= 4 is 54.0 Å². The van der Waals surface area contributed by atoms with Crippen molar-refractivity contribution in [1.29, 1.82) is 0 Å². The van der Waals surface area contributed by atoms with Gasteiger partial charge >= 0.3 is 0 Å². The van der Waals surface area contributed by atoms with Crippen LogP contribution in [0.5, 0.6) is 0 Å². The van der Waals surface area contributed by atoms with Gasteiger partial charge in [-0.05, 0) is 71.9 Å². The molecular weight excluding hydrogens is 458 g/mol. The minimum Gasteiger partial charge on any atom is -0.256 e. The van der Waals surface area contributed by atoms with Crippen LogP contribution in [0.4, 0.5) is 0 Å². The molecule has 0 bridgehead atoms. The molecule has 0 N–H and O–H groups in total. The van der Waals surface area contributed by atoms with Crippen molar-refractivity contribution in [2.75, 3.05) is 0 Å². The molecule has 1 heterocycles. The van der Waals surface area contributed by atoms with Crippen LogP contribution in [0.15, 0.2) is 140 Å². The fourth-order valence-corrected chi connectivity index (χ4v) is 6.27. The summed E-state index contributed by atoms with van der Waals surface area (Å²) in [6.07, 6.45) is 1.92. The van der Waals surface area contributed by atoms with Gasteiger partial charge in [0, 0.05) is 17.1 Å². The van der Waals surface area contributed by atoms with Gasteiger partial charge in [-0.1, -0.05) is 121 Å². The SMILES string of the molecule is c1ccc2c(-c3c4ccccc4c(-c4cc5ccccc5c5ccccc45)c4cccnc34)cccc2c1. The van der Waals surface area contributed by atoms with E-state index in [0.29, 0.717) is 0 Å². The largest absolute Gasteiger partial charge is 0.256 e. The minimum atomic E-state index is 1.04. The molecule has 8 rings (SSSR count). The first-order valence-electron chi connectivity index (χ1n) is 13.1. The molecule has 0 saturated heterocycles. The maximum absolute atomic E-state index is 5.04. The van der Waals surface area contributed by atoms with Crippen LogP contribution in [-0.4, -0.2) is 4.98 Å². The van der Waals surface area contributed by atoms with Gasteiger partial charge in [-0.15, -0.1) is 0 Å². The molecule has 7 aromatic carbocycles. The van der Waals surface area contributed by atoms with E-state index >= 15 is 0 Å². The van der Waals surface area contributed by atoms with Crippen LogP contribution in [0.25, 0.3) is 76.2 Å². The van der Waals surface area contributed by atoms with Crippen LogP contribution in [0.3, 0.4) is 0 Å². The zero-order valence-electron chi connectivity index (χ0n) is 20.7. The van der Waals surface area contributed by atoms with Crippen LogP contribution in [0, 0.1) is 0 Å². The Morgan fingerprint density at radius 1 is 0.342 bits per heavy atom. The molecule has 0 atom stereocenters. The molecule has 0 fully saturated rings. The normalized spacial score (nSPS) is 11.7. The van der Waals surface area contributed by atoms with Crippen molar-refractivity contribution in [2.24, 2.45) is 0 Å². The monoisotopic (exact) mass is 481 g/mol. The van der Waals surface area contributed by atoms with Crippen LogP contribution in [-0.2, 0) is 0 Å². The molecule has 0 amide bonds. The smallest absolute Gasteiger partial charge is 0.0793 e. The molecular formula is C37H23N. The second-order valence-corrected chi connectivity index (χ2v) is 9.91. The average Bonchev–Trinajstić information content (AvgIpc) is 2.99. The molecule has 0 spiro atoms. The van der Waals surface area contributed by atoms with Gasteiger partial charge in [0.2, 0.25) is 0 Å². The molecule has 1 heteroatoms. The molecule has 1 aromatic heterocycles. The second kappa shape index (κ2) is 8.26. The summed E-state index contributed by atoms with van der Waals surface area (Å²) in [5, 5.41) is 11.2. The zero-order valence-corrected chi connectivity index (χ0v) is 20.7. The van der Waals surface area contributed by atoms with E-state index in [1.807, 2.05) is 6.20 Å². The van der Waals surface area contributed by atoms with Gasteiger partial charge in [0.1, 0.15) is 0 Å². The Bertz CT molecular complexity index is 2130. The zero-order chi connectivity index (χ0) is 25.1. The second-order valence-electron chi connectivity index (χ2n) is 9.91. The molecule has 0 saturated carbocycles. The summed E-state index contributed by atoms with van der Waals surface area (Å²) in [6.45, 7) is 0. The Morgan fingerprint density at radius 3 is 1.74 bits per heavy atom. The third-order valence-corrected chi connectivity index (χ3v) is 7.88. The number of rotatable bonds is 2. The van der Waals surface area contributed by atoms with Crippen molar-refractivity contribution in [1.82, 2.24) is 4.98 Å². The summed E-state index contributed by atoms with van der Waals surface area (Å²) in [4.78, 5) is 5.04. The Labute approximate surface area is 220 Å². The molecule has 0 unspecified atom stereocenters. The van der Waals surface area contributed by atoms with Gasteiger partial charge in [0.15, 0.2) is 0 Å². The molecule has 38 heavy (non-hydrogen) atoms. The number of nitrogens with zero attached hydrogens (tertiary/aromatic N) is 1. The lowest BCUT2D eigenvalue weighted by molar-refractivity contribution is 1.42. The van der Waals surface area contributed by atoms with Crippen LogP contribution in [0.1, 0.15) is 0 Å². The van der Waals surface area contributed by atoms with E-state index in [4.69, 9.17) is 4.98 Å². The quantitative estimate of drug-likeness (QED) is 0.177. The van der Waals surface area contributed by atoms with Gasteiger partial charge in [0.05, 0.1) is 5.52 Å². The highest BCUT2D eigenvalue weighted by Gasteiger charge is 2.20. The standard InChI is InChI=1S/C37H23N/c1-3-14-26-24(11-1)13-9-20-30(26)36-32-19-8-7-18-31(32)35(33-21-10-22-38-37(33)36)34-23-25-12-2-4-15-27(25)28-16-5-6-17-29(28)34/h1-23H. The van der Waals surface area contributed by atoms with Gasteiger partial charge in [0.25, 0.3) is 0 Å². The van der Waals surface area contributed by atoms with E-state index in [9.17, 15) is 0 Å². The molecule has 176 valence electrons.